The first-order chi connectivity index (χ1) is 9.15. The molecule has 1 aliphatic rings. The molecule has 0 amide bonds. The number of hydrogen-bond acceptors (Lipinski definition) is 5. The van der Waals surface area contributed by atoms with Crippen molar-refractivity contribution in [3.05, 3.63) is 17.8 Å². The molecule has 0 bridgehead atoms. The van der Waals surface area contributed by atoms with Crippen molar-refractivity contribution in [1.29, 1.82) is 0 Å². The van der Waals surface area contributed by atoms with Gasteiger partial charge >= 0.3 is 0 Å². The molecule has 2 heterocycles. The summed E-state index contributed by atoms with van der Waals surface area (Å²) in [5, 5.41) is 11.9. The average molecular weight is 263 g/mol. The lowest BCUT2D eigenvalue weighted by atomic mass is 9.95. The Bertz CT molecular complexity index is 376. The van der Waals surface area contributed by atoms with Gasteiger partial charge in [-0.1, -0.05) is 0 Å². The summed E-state index contributed by atoms with van der Waals surface area (Å²) in [6, 6.07) is 4.35. The Labute approximate surface area is 115 Å². The van der Waals surface area contributed by atoms with Crippen LogP contribution in [0, 0.1) is 0 Å². The molecule has 2 atom stereocenters. The van der Waals surface area contributed by atoms with Crippen LogP contribution in [0.1, 0.15) is 37.8 Å². The highest BCUT2D eigenvalue weighted by molar-refractivity contribution is 5.33. The smallest absolute Gasteiger partial charge is 0.148 e. The summed E-state index contributed by atoms with van der Waals surface area (Å²) in [6.07, 6.45) is 3.41. The van der Waals surface area contributed by atoms with Gasteiger partial charge in [-0.05, 0) is 51.9 Å². The number of piperidine rings is 1. The Morgan fingerprint density at radius 3 is 2.95 bits per heavy atom. The number of nitrogens with two attached hydrogens (primary N) is 1. The Balaban J connectivity index is 1.87. The van der Waals surface area contributed by atoms with Gasteiger partial charge in [-0.2, -0.15) is 5.10 Å². The van der Waals surface area contributed by atoms with Gasteiger partial charge in [0.15, 0.2) is 0 Å². The molecule has 19 heavy (non-hydrogen) atoms. The summed E-state index contributed by atoms with van der Waals surface area (Å²) in [5.41, 5.74) is 6.83. The van der Waals surface area contributed by atoms with E-state index in [1.807, 2.05) is 13.0 Å². The topological polar surface area (TPSA) is 67.1 Å². The third-order valence-corrected chi connectivity index (χ3v) is 3.63. The Hall–Kier alpha value is -1.20. The van der Waals surface area contributed by atoms with Crippen LogP contribution in [0.4, 0.5) is 5.82 Å². The van der Waals surface area contributed by atoms with Gasteiger partial charge in [0, 0.05) is 25.0 Å². The van der Waals surface area contributed by atoms with E-state index >= 15 is 0 Å². The van der Waals surface area contributed by atoms with Crippen molar-refractivity contribution in [3.63, 3.8) is 0 Å². The molecule has 2 rings (SSSR count). The highest BCUT2D eigenvalue weighted by Crippen LogP contribution is 2.24. The number of nitrogens with one attached hydrogen (secondary N) is 1. The third kappa shape index (κ3) is 4.44. The molecule has 3 N–H and O–H groups in total. The number of likely N-dealkylation sites (N-methyl/N-ethyl adjacent to an activating group) is 1. The Kier molecular flexibility index (Phi) is 5.10. The molecular weight excluding hydrogens is 238 g/mol. The Morgan fingerprint density at radius 2 is 2.32 bits per heavy atom. The van der Waals surface area contributed by atoms with Crippen LogP contribution in [0.2, 0.25) is 0 Å². The molecule has 0 spiro atoms. The monoisotopic (exact) mass is 263 g/mol. The quantitative estimate of drug-likeness (QED) is 0.841. The van der Waals surface area contributed by atoms with Gasteiger partial charge in [-0.3, -0.25) is 0 Å². The standard InChI is InChI=1S/C14H25N5/c1-11(15)7-8-16-14-6-5-13(17-18-14)12-4-3-9-19(2)10-12/h5-6,11-12H,3-4,7-10,15H2,1-2H3,(H,16,18). The van der Waals surface area contributed by atoms with Crippen molar-refractivity contribution in [2.75, 3.05) is 32.0 Å². The zero-order chi connectivity index (χ0) is 13.7. The summed E-state index contributed by atoms with van der Waals surface area (Å²) in [4.78, 5) is 2.37. The fourth-order valence-corrected chi connectivity index (χ4v) is 2.49. The van der Waals surface area contributed by atoms with Gasteiger partial charge in [0.05, 0.1) is 5.69 Å². The fraction of sp³-hybridized carbons (Fsp3) is 0.714. The molecule has 1 fully saturated rings. The number of anilines is 1. The summed E-state index contributed by atoms with van der Waals surface area (Å²) in [6.45, 7) is 5.14. The van der Waals surface area contributed by atoms with Crippen molar-refractivity contribution >= 4 is 5.82 Å². The second-order valence-electron chi connectivity index (χ2n) is 5.64. The molecule has 106 valence electrons. The molecule has 1 aromatic rings. The lowest BCUT2D eigenvalue weighted by molar-refractivity contribution is 0.248. The maximum Gasteiger partial charge on any atom is 0.148 e. The van der Waals surface area contributed by atoms with Gasteiger partial charge in [0.25, 0.3) is 0 Å². The van der Waals surface area contributed by atoms with Crippen LogP contribution < -0.4 is 11.1 Å². The molecule has 0 aromatic carbocycles. The lowest BCUT2D eigenvalue weighted by Crippen LogP contribution is -2.31. The number of rotatable bonds is 5. The van der Waals surface area contributed by atoms with Gasteiger partial charge in [-0.15, -0.1) is 5.10 Å². The third-order valence-electron chi connectivity index (χ3n) is 3.63. The zero-order valence-corrected chi connectivity index (χ0v) is 12.0. The minimum Gasteiger partial charge on any atom is -0.369 e. The number of nitrogens with zero attached hydrogens (tertiary/aromatic N) is 3. The van der Waals surface area contributed by atoms with E-state index < -0.39 is 0 Å². The van der Waals surface area contributed by atoms with Crippen LogP contribution >= 0.6 is 0 Å². The largest absolute Gasteiger partial charge is 0.369 e. The minimum absolute atomic E-state index is 0.220. The molecule has 5 nitrogen and oxygen atoms in total. The molecule has 2 unspecified atom stereocenters. The number of aromatic nitrogens is 2. The molecular formula is C14H25N5. The zero-order valence-electron chi connectivity index (χ0n) is 12.0. The second-order valence-corrected chi connectivity index (χ2v) is 5.64. The van der Waals surface area contributed by atoms with Gasteiger partial charge in [-0.25, -0.2) is 0 Å². The van der Waals surface area contributed by atoms with Crippen LogP contribution in [0.25, 0.3) is 0 Å². The molecule has 0 saturated carbocycles. The van der Waals surface area contributed by atoms with E-state index in [0.717, 1.165) is 31.0 Å². The normalized spacial score (nSPS) is 22.2. The predicted octanol–water partition coefficient (Wildman–Crippen LogP) is 1.43. The van der Waals surface area contributed by atoms with Crippen molar-refractivity contribution < 1.29 is 0 Å². The van der Waals surface area contributed by atoms with Crippen molar-refractivity contribution in [3.8, 4) is 0 Å². The highest BCUT2D eigenvalue weighted by atomic mass is 15.2. The van der Waals surface area contributed by atoms with Gasteiger partial charge < -0.3 is 16.0 Å². The summed E-state index contributed by atoms with van der Waals surface area (Å²) >= 11 is 0. The van der Waals surface area contributed by atoms with E-state index in [0.29, 0.717) is 5.92 Å². The highest BCUT2D eigenvalue weighted by Gasteiger charge is 2.20. The summed E-state index contributed by atoms with van der Waals surface area (Å²) in [7, 11) is 2.17. The van der Waals surface area contributed by atoms with E-state index in [4.69, 9.17) is 5.73 Å². The van der Waals surface area contributed by atoms with Crippen LogP contribution in [0.5, 0.6) is 0 Å². The van der Waals surface area contributed by atoms with E-state index in [1.165, 1.54) is 19.4 Å². The fourth-order valence-electron chi connectivity index (χ4n) is 2.49. The van der Waals surface area contributed by atoms with Gasteiger partial charge in [0.2, 0.25) is 0 Å². The first-order valence-corrected chi connectivity index (χ1v) is 7.17. The maximum absolute atomic E-state index is 5.71. The maximum atomic E-state index is 5.71. The average Bonchev–Trinajstić information content (AvgIpc) is 2.39. The van der Waals surface area contributed by atoms with Crippen LogP contribution in [0.3, 0.4) is 0 Å². The van der Waals surface area contributed by atoms with Crippen LogP contribution in [0.15, 0.2) is 12.1 Å². The van der Waals surface area contributed by atoms with Crippen molar-refractivity contribution in [2.24, 2.45) is 5.73 Å². The van der Waals surface area contributed by atoms with E-state index in [-0.39, 0.29) is 6.04 Å². The number of hydrogen-bond donors (Lipinski definition) is 2. The minimum atomic E-state index is 0.220. The van der Waals surface area contributed by atoms with Crippen LogP contribution in [-0.4, -0.2) is 47.8 Å². The van der Waals surface area contributed by atoms with Gasteiger partial charge in [0.1, 0.15) is 5.82 Å². The predicted molar refractivity (Wildman–Crippen MR) is 78.3 cm³/mol. The van der Waals surface area contributed by atoms with Crippen molar-refractivity contribution in [2.45, 2.75) is 38.1 Å². The summed E-state index contributed by atoms with van der Waals surface area (Å²) in [5.74, 6) is 1.37. The molecule has 0 aliphatic carbocycles. The first kappa shape index (κ1) is 14.2. The number of likely N-dealkylation sites (tertiary alicyclic amines) is 1. The SMILES string of the molecule is CC(N)CCNc1ccc(C2CCCN(C)C2)nn1. The van der Waals surface area contributed by atoms with E-state index in [2.05, 4.69) is 33.5 Å². The lowest BCUT2D eigenvalue weighted by Gasteiger charge is -2.28. The van der Waals surface area contributed by atoms with E-state index in [9.17, 15) is 0 Å². The second kappa shape index (κ2) is 6.82. The molecule has 1 saturated heterocycles. The molecule has 0 radical (unpaired) electrons. The molecule has 5 heteroatoms. The first-order valence-electron chi connectivity index (χ1n) is 7.17. The van der Waals surface area contributed by atoms with E-state index in [1.54, 1.807) is 0 Å². The molecule has 1 aliphatic heterocycles. The molecule has 1 aromatic heterocycles. The van der Waals surface area contributed by atoms with Crippen molar-refractivity contribution in [1.82, 2.24) is 15.1 Å². The van der Waals surface area contributed by atoms with Crippen LogP contribution in [-0.2, 0) is 0 Å². The Morgan fingerprint density at radius 1 is 1.47 bits per heavy atom. The summed E-state index contributed by atoms with van der Waals surface area (Å²) < 4.78 is 0.